The number of rotatable bonds is 8. The molecule has 0 saturated heterocycles. The highest BCUT2D eigenvalue weighted by atomic mass is 16.6. The van der Waals surface area contributed by atoms with Crippen LogP contribution in [0, 0.1) is 0 Å². The van der Waals surface area contributed by atoms with Gasteiger partial charge >= 0.3 is 6.09 Å². The van der Waals surface area contributed by atoms with Crippen molar-refractivity contribution in [1.82, 2.24) is 0 Å². The molecular formula is C19H24N2O3. The van der Waals surface area contributed by atoms with Gasteiger partial charge < -0.3 is 21.3 Å². The molecule has 0 fully saturated rings. The number of hydrogen-bond donors (Lipinski definition) is 3. The fourth-order valence-electron chi connectivity index (χ4n) is 2.71. The van der Waals surface area contributed by atoms with Crippen molar-refractivity contribution in [2.24, 2.45) is 11.5 Å². The molecule has 1 amide bonds. The van der Waals surface area contributed by atoms with E-state index in [1.54, 1.807) is 0 Å². The van der Waals surface area contributed by atoms with Crippen LogP contribution in [0.1, 0.15) is 17.5 Å². The number of ether oxygens (including phenoxy) is 1. The first-order chi connectivity index (χ1) is 11.5. The minimum Gasteiger partial charge on any atom is -0.443 e. The minimum atomic E-state index is -0.897. The number of carbonyl (C=O) groups is 1. The fourth-order valence-corrected chi connectivity index (χ4v) is 2.71. The maximum atomic E-state index is 11.1. The van der Waals surface area contributed by atoms with Gasteiger partial charge in [0.2, 0.25) is 0 Å². The quantitative estimate of drug-likeness (QED) is 0.690. The van der Waals surface area contributed by atoms with Crippen molar-refractivity contribution in [3.05, 3.63) is 71.8 Å². The summed E-state index contributed by atoms with van der Waals surface area (Å²) in [5.41, 5.74) is 13.3. The Labute approximate surface area is 142 Å². The van der Waals surface area contributed by atoms with E-state index in [2.05, 4.69) is 0 Å². The lowest BCUT2D eigenvalue weighted by molar-refractivity contribution is -0.000375. The van der Waals surface area contributed by atoms with Gasteiger partial charge in [-0.3, -0.25) is 0 Å². The summed E-state index contributed by atoms with van der Waals surface area (Å²) in [6, 6.07) is 19.1. The predicted octanol–water partition coefficient (Wildman–Crippen LogP) is 2.01. The van der Waals surface area contributed by atoms with E-state index in [1.807, 2.05) is 60.7 Å². The Morgan fingerprint density at radius 3 is 1.96 bits per heavy atom. The van der Waals surface area contributed by atoms with Gasteiger partial charge in [0.25, 0.3) is 0 Å². The van der Waals surface area contributed by atoms with Crippen LogP contribution in [0.5, 0.6) is 0 Å². The molecule has 0 saturated carbocycles. The molecule has 0 aliphatic carbocycles. The number of benzene rings is 2. The van der Waals surface area contributed by atoms with E-state index in [4.69, 9.17) is 16.2 Å². The molecule has 0 spiro atoms. The zero-order chi connectivity index (χ0) is 17.4. The summed E-state index contributed by atoms with van der Waals surface area (Å²) >= 11 is 0. The van der Waals surface area contributed by atoms with E-state index in [9.17, 15) is 9.90 Å². The maximum Gasteiger partial charge on any atom is 0.404 e. The molecule has 0 aromatic heterocycles. The van der Waals surface area contributed by atoms with E-state index < -0.39 is 18.3 Å². The van der Waals surface area contributed by atoms with Gasteiger partial charge in [0.1, 0.15) is 6.10 Å². The van der Waals surface area contributed by atoms with Crippen LogP contribution in [0.15, 0.2) is 60.7 Å². The predicted molar refractivity (Wildman–Crippen MR) is 93.3 cm³/mol. The zero-order valence-corrected chi connectivity index (χ0v) is 13.5. The average Bonchev–Trinajstić information content (AvgIpc) is 2.55. The van der Waals surface area contributed by atoms with Crippen molar-refractivity contribution in [3.8, 4) is 0 Å². The SMILES string of the molecule is NC(=O)O[C@@H](Cc1ccccc1)[C@@H](O)C[C@@H](N)Cc1ccccc1. The normalized spacial score (nSPS) is 14.6. The number of amides is 1. The van der Waals surface area contributed by atoms with Crippen molar-refractivity contribution >= 4 is 6.09 Å². The molecule has 0 unspecified atom stereocenters. The van der Waals surface area contributed by atoms with Gasteiger partial charge in [-0.1, -0.05) is 60.7 Å². The first-order valence-corrected chi connectivity index (χ1v) is 8.02. The second kappa shape index (κ2) is 9.05. The molecule has 2 aromatic rings. The monoisotopic (exact) mass is 328 g/mol. The molecular weight excluding hydrogens is 304 g/mol. The highest BCUT2D eigenvalue weighted by Gasteiger charge is 2.25. The number of aliphatic hydroxyl groups excluding tert-OH is 1. The topological polar surface area (TPSA) is 98.6 Å². The molecule has 0 bridgehead atoms. The van der Waals surface area contributed by atoms with E-state index in [0.717, 1.165) is 11.1 Å². The Hall–Kier alpha value is -2.37. The molecule has 3 atom stereocenters. The first-order valence-electron chi connectivity index (χ1n) is 8.02. The molecule has 0 aliphatic heterocycles. The van der Waals surface area contributed by atoms with Crippen LogP contribution in [-0.4, -0.2) is 29.4 Å². The van der Waals surface area contributed by atoms with Crippen LogP contribution in [0.4, 0.5) is 4.79 Å². The lowest BCUT2D eigenvalue weighted by atomic mass is 9.96. The Balaban J connectivity index is 1.96. The minimum absolute atomic E-state index is 0.239. The maximum absolute atomic E-state index is 11.1. The second-order valence-corrected chi connectivity index (χ2v) is 5.92. The Bertz CT molecular complexity index is 619. The smallest absolute Gasteiger partial charge is 0.404 e. The number of aliphatic hydroxyl groups is 1. The Morgan fingerprint density at radius 2 is 1.46 bits per heavy atom. The summed E-state index contributed by atoms with van der Waals surface area (Å²) in [6.45, 7) is 0. The van der Waals surface area contributed by atoms with Gasteiger partial charge in [-0.15, -0.1) is 0 Å². The average molecular weight is 328 g/mol. The zero-order valence-electron chi connectivity index (χ0n) is 13.5. The van der Waals surface area contributed by atoms with E-state index >= 15 is 0 Å². The molecule has 0 heterocycles. The lowest BCUT2D eigenvalue weighted by Crippen LogP contribution is -2.39. The van der Waals surface area contributed by atoms with Crippen molar-refractivity contribution < 1.29 is 14.6 Å². The first kappa shape index (κ1) is 18.0. The van der Waals surface area contributed by atoms with Gasteiger partial charge in [0, 0.05) is 12.5 Å². The number of primary amides is 1. The summed E-state index contributed by atoms with van der Waals surface area (Å²) in [7, 11) is 0. The highest BCUT2D eigenvalue weighted by Crippen LogP contribution is 2.15. The van der Waals surface area contributed by atoms with Crippen molar-refractivity contribution in [3.63, 3.8) is 0 Å². The molecule has 0 radical (unpaired) electrons. The van der Waals surface area contributed by atoms with Crippen LogP contribution in [0.2, 0.25) is 0 Å². The molecule has 128 valence electrons. The Kier molecular flexibility index (Phi) is 6.78. The third-order valence-electron chi connectivity index (χ3n) is 3.86. The standard InChI is InChI=1S/C19H24N2O3/c20-16(11-14-7-3-1-4-8-14)13-17(22)18(24-19(21)23)12-15-9-5-2-6-10-15/h1-10,16-18,22H,11-13,20H2,(H2,21,23)/t16-,17-,18-/m0/s1. The summed E-state index contributed by atoms with van der Waals surface area (Å²) in [5.74, 6) is 0. The Morgan fingerprint density at radius 1 is 0.958 bits per heavy atom. The van der Waals surface area contributed by atoms with Crippen molar-refractivity contribution in [1.29, 1.82) is 0 Å². The van der Waals surface area contributed by atoms with Crippen LogP contribution in [0.25, 0.3) is 0 Å². The molecule has 24 heavy (non-hydrogen) atoms. The highest BCUT2D eigenvalue weighted by molar-refractivity contribution is 5.64. The van der Waals surface area contributed by atoms with Crippen LogP contribution >= 0.6 is 0 Å². The summed E-state index contributed by atoms with van der Waals surface area (Å²) in [4.78, 5) is 11.1. The number of nitrogens with two attached hydrogens (primary N) is 2. The fraction of sp³-hybridized carbons (Fsp3) is 0.316. The van der Waals surface area contributed by atoms with Gasteiger partial charge in [0.15, 0.2) is 0 Å². The summed E-state index contributed by atoms with van der Waals surface area (Å²) < 4.78 is 5.10. The molecule has 5 N–H and O–H groups in total. The molecule has 5 heteroatoms. The second-order valence-electron chi connectivity index (χ2n) is 5.92. The molecule has 5 nitrogen and oxygen atoms in total. The largest absolute Gasteiger partial charge is 0.443 e. The lowest BCUT2D eigenvalue weighted by Gasteiger charge is -2.25. The number of carbonyl (C=O) groups excluding carboxylic acids is 1. The van der Waals surface area contributed by atoms with Crippen LogP contribution in [0.3, 0.4) is 0 Å². The molecule has 0 aliphatic rings. The number of hydrogen-bond acceptors (Lipinski definition) is 4. The van der Waals surface area contributed by atoms with Gasteiger partial charge in [-0.2, -0.15) is 0 Å². The molecule has 2 rings (SSSR count). The van der Waals surface area contributed by atoms with Crippen LogP contribution < -0.4 is 11.5 Å². The molecule has 2 aromatic carbocycles. The summed E-state index contributed by atoms with van der Waals surface area (Å²) in [5, 5.41) is 10.5. The third kappa shape index (κ3) is 6.02. The van der Waals surface area contributed by atoms with Gasteiger partial charge in [0.05, 0.1) is 6.10 Å². The van der Waals surface area contributed by atoms with Crippen LogP contribution in [-0.2, 0) is 17.6 Å². The van der Waals surface area contributed by atoms with Gasteiger partial charge in [-0.05, 0) is 24.0 Å². The van der Waals surface area contributed by atoms with Gasteiger partial charge in [-0.25, -0.2) is 4.79 Å². The van der Waals surface area contributed by atoms with E-state index in [-0.39, 0.29) is 6.04 Å². The van der Waals surface area contributed by atoms with E-state index in [0.29, 0.717) is 19.3 Å². The van der Waals surface area contributed by atoms with Crippen molar-refractivity contribution in [2.75, 3.05) is 0 Å². The van der Waals surface area contributed by atoms with E-state index in [1.165, 1.54) is 0 Å². The summed E-state index contributed by atoms with van der Waals surface area (Å²) in [6.07, 6.45) is -1.13. The van der Waals surface area contributed by atoms with Crippen molar-refractivity contribution in [2.45, 2.75) is 37.5 Å². The third-order valence-corrected chi connectivity index (χ3v) is 3.86.